The van der Waals surface area contributed by atoms with Gasteiger partial charge in [-0.2, -0.15) is 0 Å². The maximum Gasteiger partial charge on any atom is 0.265 e. The average Bonchev–Trinajstić information content (AvgIpc) is 3.32. The lowest BCUT2D eigenvalue weighted by atomic mass is 10.1. The Morgan fingerprint density at radius 2 is 2.00 bits per heavy atom. The fourth-order valence-electron chi connectivity index (χ4n) is 3.81. The molecule has 34 heavy (non-hydrogen) atoms. The molecule has 2 aromatic carbocycles. The molecule has 0 saturated carbocycles. The molecule has 0 bridgehead atoms. The molecule has 8 nitrogen and oxygen atoms in total. The molecule has 1 unspecified atom stereocenters. The van der Waals surface area contributed by atoms with Crippen molar-refractivity contribution in [2.45, 2.75) is 32.7 Å². The number of amides is 2. The van der Waals surface area contributed by atoms with Crippen molar-refractivity contribution in [2.24, 2.45) is 0 Å². The van der Waals surface area contributed by atoms with E-state index in [2.05, 4.69) is 12.2 Å². The van der Waals surface area contributed by atoms with E-state index >= 15 is 0 Å². The summed E-state index contributed by atoms with van der Waals surface area (Å²) in [5, 5.41) is 5.94. The molecule has 3 aromatic rings. The predicted octanol–water partition coefficient (Wildman–Crippen LogP) is 4.53. The fourth-order valence-corrected chi connectivity index (χ4v) is 4.71. The number of thiazole rings is 1. The third kappa shape index (κ3) is 4.70. The van der Waals surface area contributed by atoms with Gasteiger partial charge in [0.25, 0.3) is 5.91 Å². The summed E-state index contributed by atoms with van der Waals surface area (Å²) in [6.45, 7) is 3.69. The van der Waals surface area contributed by atoms with Crippen molar-refractivity contribution in [2.75, 3.05) is 31.0 Å². The first-order valence-corrected chi connectivity index (χ1v) is 11.9. The second-order valence-electron chi connectivity index (χ2n) is 7.85. The first kappa shape index (κ1) is 23.6. The summed E-state index contributed by atoms with van der Waals surface area (Å²) in [6, 6.07) is 9.93. The number of nitrogens with zero attached hydrogens (tertiary/aromatic N) is 2. The number of nitrogens with one attached hydrogen (secondary N) is 1. The molecule has 178 valence electrons. The van der Waals surface area contributed by atoms with Gasteiger partial charge in [-0.15, -0.1) is 11.3 Å². The van der Waals surface area contributed by atoms with Gasteiger partial charge in [-0.25, -0.2) is 4.98 Å². The molecule has 4 rings (SSSR count). The van der Waals surface area contributed by atoms with E-state index in [9.17, 15) is 9.59 Å². The number of rotatable bonds is 8. The Labute approximate surface area is 202 Å². The number of methoxy groups -OCH3 is 2. The Hall–Kier alpha value is -3.59. The van der Waals surface area contributed by atoms with Crippen LogP contribution in [0.4, 0.5) is 11.4 Å². The van der Waals surface area contributed by atoms with Crippen LogP contribution in [-0.2, 0) is 16.0 Å². The predicted molar refractivity (Wildman–Crippen MR) is 132 cm³/mol. The molecule has 1 aliphatic heterocycles. The average molecular weight is 482 g/mol. The van der Waals surface area contributed by atoms with Gasteiger partial charge in [0.05, 0.1) is 30.6 Å². The lowest BCUT2D eigenvalue weighted by molar-refractivity contribution is -0.125. The first-order chi connectivity index (χ1) is 16.4. The smallest absolute Gasteiger partial charge is 0.265 e. The summed E-state index contributed by atoms with van der Waals surface area (Å²) in [5.41, 5.74) is 2.80. The minimum atomic E-state index is -0.774. The number of aryl methyl sites for hydroxylation is 1. The Kier molecular flexibility index (Phi) is 7.02. The minimum Gasteiger partial charge on any atom is -0.493 e. The van der Waals surface area contributed by atoms with Gasteiger partial charge >= 0.3 is 0 Å². The Bertz CT molecular complexity index is 1210. The number of hydrogen-bond donors (Lipinski definition) is 1. The molecule has 0 radical (unpaired) electrons. The molecule has 0 spiro atoms. The van der Waals surface area contributed by atoms with Gasteiger partial charge in [0.2, 0.25) is 5.91 Å². The Balaban J connectivity index is 1.60. The van der Waals surface area contributed by atoms with Gasteiger partial charge in [-0.05, 0) is 50.1 Å². The number of hydrogen-bond acceptors (Lipinski definition) is 7. The number of carbonyl (C=O) groups is 2. The third-order valence-electron chi connectivity index (χ3n) is 5.57. The summed E-state index contributed by atoms with van der Waals surface area (Å²) in [5.74, 6) is 0.985. The van der Waals surface area contributed by atoms with Crippen molar-refractivity contribution in [1.82, 2.24) is 4.98 Å². The monoisotopic (exact) mass is 481 g/mol. The van der Waals surface area contributed by atoms with Crippen molar-refractivity contribution in [3.05, 3.63) is 46.8 Å². The molecule has 9 heteroatoms. The summed E-state index contributed by atoms with van der Waals surface area (Å²) < 4.78 is 16.2. The zero-order chi connectivity index (χ0) is 24.2. The molecule has 0 fully saturated rings. The molecule has 0 aliphatic carbocycles. The highest BCUT2D eigenvalue weighted by atomic mass is 32.1. The first-order valence-electron chi connectivity index (χ1n) is 11.0. The number of aromatic nitrogens is 1. The van der Waals surface area contributed by atoms with Crippen LogP contribution in [0.15, 0.2) is 41.8 Å². The van der Waals surface area contributed by atoms with E-state index in [0.29, 0.717) is 28.6 Å². The van der Waals surface area contributed by atoms with Gasteiger partial charge in [0.1, 0.15) is 11.8 Å². The molecular weight excluding hydrogens is 454 g/mol. The van der Waals surface area contributed by atoms with Crippen LogP contribution < -0.4 is 24.4 Å². The van der Waals surface area contributed by atoms with Crippen molar-refractivity contribution >= 4 is 34.5 Å². The molecular formula is C25H27N3O5S. The zero-order valence-corrected chi connectivity index (χ0v) is 20.4. The van der Waals surface area contributed by atoms with Crippen LogP contribution in [0, 0.1) is 0 Å². The van der Waals surface area contributed by atoms with E-state index in [1.54, 1.807) is 43.6 Å². The molecule has 1 N–H and O–H groups in total. The molecule has 1 atom stereocenters. The van der Waals surface area contributed by atoms with Crippen LogP contribution in [0.2, 0.25) is 0 Å². The number of fused-ring (bicyclic) bond motifs is 1. The molecule has 1 aromatic heterocycles. The lowest BCUT2D eigenvalue weighted by Crippen LogP contribution is -2.49. The lowest BCUT2D eigenvalue weighted by Gasteiger charge is -2.33. The quantitative estimate of drug-likeness (QED) is 0.508. The number of carbonyl (C=O) groups excluding carboxylic acids is 2. The molecule has 2 heterocycles. The number of benzene rings is 2. The topological polar surface area (TPSA) is 90.0 Å². The van der Waals surface area contributed by atoms with E-state index in [-0.39, 0.29) is 18.4 Å². The highest BCUT2D eigenvalue weighted by Crippen LogP contribution is 2.38. The van der Waals surface area contributed by atoms with Crippen molar-refractivity contribution < 1.29 is 23.8 Å². The van der Waals surface area contributed by atoms with Crippen LogP contribution in [0.25, 0.3) is 11.3 Å². The van der Waals surface area contributed by atoms with E-state index in [1.165, 1.54) is 12.0 Å². The Morgan fingerprint density at radius 3 is 2.74 bits per heavy atom. The zero-order valence-electron chi connectivity index (χ0n) is 19.6. The summed E-state index contributed by atoms with van der Waals surface area (Å²) in [6.07, 6.45) is 1.95. The summed E-state index contributed by atoms with van der Waals surface area (Å²) in [4.78, 5) is 32.2. The summed E-state index contributed by atoms with van der Waals surface area (Å²) in [7, 11) is 3.07. The third-order valence-corrected chi connectivity index (χ3v) is 6.48. The summed E-state index contributed by atoms with van der Waals surface area (Å²) >= 11 is 1.62. The normalized spacial score (nSPS) is 13.6. The second-order valence-corrected chi connectivity index (χ2v) is 8.79. The highest BCUT2D eigenvalue weighted by molar-refractivity contribution is 7.09. The van der Waals surface area contributed by atoms with Crippen molar-refractivity contribution in [3.63, 3.8) is 0 Å². The Morgan fingerprint density at radius 1 is 1.21 bits per heavy atom. The van der Waals surface area contributed by atoms with Gasteiger partial charge < -0.3 is 19.5 Å². The maximum absolute atomic E-state index is 13.1. The van der Waals surface area contributed by atoms with Gasteiger partial charge in [-0.3, -0.25) is 14.5 Å². The van der Waals surface area contributed by atoms with E-state index < -0.39 is 6.04 Å². The van der Waals surface area contributed by atoms with Crippen LogP contribution in [-0.4, -0.2) is 43.7 Å². The second kappa shape index (κ2) is 10.1. The molecule has 2 amide bonds. The fraction of sp³-hybridized carbons (Fsp3) is 0.320. The van der Waals surface area contributed by atoms with E-state index in [0.717, 1.165) is 29.1 Å². The van der Waals surface area contributed by atoms with Crippen molar-refractivity contribution in [3.8, 4) is 28.5 Å². The largest absolute Gasteiger partial charge is 0.493 e. The number of ether oxygens (including phenoxy) is 3. The minimum absolute atomic E-state index is 0.127. The SMILES string of the molecule is CCCc1nc(-c2ccc3c(c2)N(C(C)C(=O)Nc2ccc(OC)c(OC)c2)C(=O)CO3)cs1. The molecule has 0 saturated heterocycles. The highest BCUT2D eigenvalue weighted by Gasteiger charge is 2.33. The number of anilines is 2. The van der Waals surface area contributed by atoms with Crippen molar-refractivity contribution in [1.29, 1.82) is 0 Å². The standard InChI is InChI=1S/C25H27N3O5S/c1-5-6-23-27-18(14-34-23)16-7-9-20-19(11-16)28(24(29)13-33-20)15(2)25(30)26-17-8-10-21(31-3)22(12-17)32-4/h7-12,14-15H,5-6,13H2,1-4H3,(H,26,30). The van der Waals surface area contributed by atoms with Gasteiger partial charge in [0, 0.05) is 22.7 Å². The maximum atomic E-state index is 13.1. The van der Waals surface area contributed by atoms with Gasteiger partial charge in [-0.1, -0.05) is 6.92 Å². The van der Waals surface area contributed by atoms with Crippen LogP contribution in [0.5, 0.6) is 17.2 Å². The van der Waals surface area contributed by atoms with Gasteiger partial charge in [0.15, 0.2) is 18.1 Å². The molecule has 1 aliphatic rings. The van der Waals surface area contributed by atoms with Crippen LogP contribution in [0.3, 0.4) is 0 Å². The van der Waals surface area contributed by atoms with E-state index in [1.807, 2.05) is 23.6 Å². The van der Waals surface area contributed by atoms with E-state index in [4.69, 9.17) is 19.2 Å². The van der Waals surface area contributed by atoms with Crippen LogP contribution in [0.1, 0.15) is 25.3 Å². The van der Waals surface area contributed by atoms with Crippen LogP contribution >= 0.6 is 11.3 Å².